The number of rotatable bonds is 6. The predicted molar refractivity (Wildman–Crippen MR) is 86.1 cm³/mol. The Morgan fingerprint density at radius 2 is 1.96 bits per heavy atom. The monoisotopic (exact) mass is 352 g/mol. The average Bonchev–Trinajstić information content (AvgIpc) is 2.63. The first-order valence-corrected chi connectivity index (χ1v) is 7.77. The van der Waals surface area contributed by atoms with Crippen molar-refractivity contribution in [2.45, 2.75) is 13.3 Å². The number of imide groups is 1. The predicted octanol–water partition coefficient (Wildman–Crippen LogP) is 0.859. The number of esters is 1. The summed E-state index contributed by atoms with van der Waals surface area (Å²) in [5.41, 5.74) is 0.143. The molecule has 9 nitrogen and oxygen atoms in total. The fourth-order valence-corrected chi connectivity index (χ4v) is 2.05. The zero-order chi connectivity index (χ0) is 18.2. The van der Waals surface area contributed by atoms with Crippen LogP contribution in [0.5, 0.6) is 17.2 Å². The molecule has 0 saturated carbocycles. The second kappa shape index (κ2) is 8.76. The average molecular weight is 352 g/mol. The molecule has 1 heterocycles. The molecule has 0 bridgehead atoms. The molecule has 1 aliphatic heterocycles. The maximum Gasteiger partial charge on any atom is 0.338 e. The van der Waals surface area contributed by atoms with Crippen LogP contribution in [0.25, 0.3) is 0 Å². The van der Waals surface area contributed by atoms with Gasteiger partial charge in [-0.15, -0.1) is 0 Å². The molecule has 25 heavy (non-hydrogen) atoms. The summed E-state index contributed by atoms with van der Waals surface area (Å²) in [4.78, 5) is 35.0. The lowest BCUT2D eigenvalue weighted by atomic mass is 10.1. The Balaban J connectivity index is 1.94. The number of carbonyl (C=O) groups is 3. The maximum atomic E-state index is 12.1. The molecule has 1 aliphatic rings. The summed E-state index contributed by atoms with van der Waals surface area (Å²) in [5, 5.41) is 4.53. The number of hydrogen-bond acceptors (Lipinski definition) is 7. The van der Waals surface area contributed by atoms with Crippen LogP contribution in [0.15, 0.2) is 12.1 Å². The minimum Gasteiger partial charge on any atom is -0.493 e. The first kappa shape index (κ1) is 18.4. The standard InChI is InChI=1S/C16H20N2O7/c1-3-4-17-16(21)18-13(19)9-25-15(20)10-7-11(22-2)14-12(8-10)23-5-6-24-14/h7-8H,3-6,9H2,1-2H3,(H2,17,18,19,21). The number of hydrogen-bond donors (Lipinski definition) is 2. The Kier molecular flexibility index (Phi) is 6.44. The lowest BCUT2D eigenvalue weighted by Gasteiger charge is -2.21. The first-order valence-electron chi connectivity index (χ1n) is 7.77. The minimum absolute atomic E-state index is 0.143. The van der Waals surface area contributed by atoms with E-state index >= 15 is 0 Å². The van der Waals surface area contributed by atoms with Crippen molar-refractivity contribution < 1.29 is 33.3 Å². The first-order chi connectivity index (χ1) is 12.0. The van der Waals surface area contributed by atoms with Crippen molar-refractivity contribution in [3.63, 3.8) is 0 Å². The van der Waals surface area contributed by atoms with Crippen LogP contribution in [-0.4, -0.2) is 51.4 Å². The van der Waals surface area contributed by atoms with Crippen molar-refractivity contribution in [2.24, 2.45) is 0 Å². The number of carbonyl (C=O) groups excluding carboxylic acids is 3. The molecule has 0 spiro atoms. The van der Waals surface area contributed by atoms with Gasteiger partial charge in [0.05, 0.1) is 12.7 Å². The van der Waals surface area contributed by atoms with E-state index in [-0.39, 0.29) is 5.56 Å². The molecule has 136 valence electrons. The quantitative estimate of drug-likeness (QED) is 0.730. The molecule has 0 radical (unpaired) electrons. The highest BCUT2D eigenvalue weighted by Crippen LogP contribution is 2.40. The van der Waals surface area contributed by atoms with Gasteiger partial charge in [0, 0.05) is 6.54 Å². The molecule has 0 aliphatic carbocycles. The summed E-state index contributed by atoms with van der Waals surface area (Å²) >= 11 is 0. The van der Waals surface area contributed by atoms with Crippen LogP contribution in [0.3, 0.4) is 0 Å². The highest BCUT2D eigenvalue weighted by Gasteiger charge is 2.22. The Labute approximate surface area is 144 Å². The molecular formula is C16H20N2O7. The molecule has 0 unspecified atom stereocenters. The number of amides is 3. The molecule has 0 fully saturated rings. The highest BCUT2D eigenvalue weighted by atomic mass is 16.6. The number of urea groups is 1. The summed E-state index contributed by atoms with van der Waals surface area (Å²) < 4.78 is 20.9. The van der Waals surface area contributed by atoms with Gasteiger partial charge in [-0.1, -0.05) is 6.92 Å². The second-order valence-corrected chi connectivity index (χ2v) is 5.08. The summed E-state index contributed by atoms with van der Waals surface area (Å²) in [6, 6.07) is 2.25. The third-order valence-electron chi connectivity index (χ3n) is 3.19. The molecule has 0 aromatic heterocycles. The van der Waals surface area contributed by atoms with Crippen LogP contribution in [-0.2, 0) is 9.53 Å². The van der Waals surface area contributed by atoms with Crippen LogP contribution < -0.4 is 24.8 Å². The van der Waals surface area contributed by atoms with Crippen LogP contribution in [0.1, 0.15) is 23.7 Å². The Bertz CT molecular complexity index is 643. The number of fused-ring (bicyclic) bond motifs is 1. The van der Waals surface area contributed by atoms with E-state index in [0.717, 1.165) is 6.42 Å². The van der Waals surface area contributed by atoms with Gasteiger partial charge in [-0.3, -0.25) is 10.1 Å². The van der Waals surface area contributed by atoms with Crippen LogP contribution in [0.2, 0.25) is 0 Å². The van der Waals surface area contributed by atoms with E-state index in [4.69, 9.17) is 18.9 Å². The van der Waals surface area contributed by atoms with E-state index in [2.05, 4.69) is 10.6 Å². The molecule has 2 rings (SSSR count). The van der Waals surface area contributed by atoms with Crippen LogP contribution in [0.4, 0.5) is 4.79 Å². The lowest BCUT2D eigenvalue weighted by molar-refractivity contribution is -0.123. The fraction of sp³-hybridized carbons (Fsp3) is 0.438. The molecule has 0 atom stereocenters. The topological polar surface area (TPSA) is 112 Å². The molecule has 3 amide bonds. The molecule has 1 aromatic rings. The normalized spacial score (nSPS) is 12.1. The van der Waals surface area contributed by atoms with Crippen molar-refractivity contribution in [1.82, 2.24) is 10.6 Å². The zero-order valence-corrected chi connectivity index (χ0v) is 14.0. The van der Waals surface area contributed by atoms with E-state index in [9.17, 15) is 14.4 Å². The van der Waals surface area contributed by atoms with Crippen molar-refractivity contribution >= 4 is 17.9 Å². The van der Waals surface area contributed by atoms with Gasteiger partial charge in [-0.05, 0) is 18.6 Å². The third-order valence-corrected chi connectivity index (χ3v) is 3.19. The Hall–Kier alpha value is -2.97. The van der Waals surface area contributed by atoms with Gasteiger partial charge in [0.25, 0.3) is 5.91 Å². The lowest BCUT2D eigenvalue weighted by Crippen LogP contribution is -2.41. The van der Waals surface area contributed by atoms with E-state index in [1.54, 1.807) is 0 Å². The van der Waals surface area contributed by atoms with Gasteiger partial charge in [0.15, 0.2) is 18.1 Å². The van der Waals surface area contributed by atoms with Gasteiger partial charge in [0.2, 0.25) is 5.75 Å². The Morgan fingerprint density at radius 3 is 2.68 bits per heavy atom. The van der Waals surface area contributed by atoms with Crippen molar-refractivity contribution in [1.29, 1.82) is 0 Å². The highest BCUT2D eigenvalue weighted by molar-refractivity contribution is 5.97. The summed E-state index contributed by atoms with van der Waals surface area (Å²) in [5.74, 6) is -0.380. The summed E-state index contributed by atoms with van der Waals surface area (Å²) in [6.45, 7) is 2.47. The molecule has 1 aromatic carbocycles. The summed E-state index contributed by atoms with van der Waals surface area (Å²) in [6.07, 6.45) is 0.739. The Morgan fingerprint density at radius 1 is 1.20 bits per heavy atom. The van der Waals surface area contributed by atoms with Gasteiger partial charge in [-0.2, -0.15) is 0 Å². The zero-order valence-electron chi connectivity index (χ0n) is 14.0. The number of methoxy groups -OCH3 is 1. The fourth-order valence-electron chi connectivity index (χ4n) is 2.05. The van der Waals surface area contributed by atoms with Crippen LogP contribution in [0, 0.1) is 0 Å². The smallest absolute Gasteiger partial charge is 0.338 e. The van der Waals surface area contributed by atoms with Crippen molar-refractivity contribution in [3.05, 3.63) is 17.7 Å². The van der Waals surface area contributed by atoms with Gasteiger partial charge < -0.3 is 24.3 Å². The van der Waals surface area contributed by atoms with Gasteiger partial charge >= 0.3 is 12.0 Å². The van der Waals surface area contributed by atoms with E-state index < -0.39 is 24.5 Å². The van der Waals surface area contributed by atoms with Gasteiger partial charge in [0.1, 0.15) is 13.2 Å². The third kappa shape index (κ3) is 5.00. The minimum atomic E-state index is -0.751. The van der Waals surface area contributed by atoms with Gasteiger partial charge in [-0.25, -0.2) is 9.59 Å². The van der Waals surface area contributed by atoms with Crippen LogP contribution >= 0.6 is 0 Å². The van der Waals surface area contributed by atoms with Crippen molar-refractivity contribution in [2.75, 3.05) is 33.5 Å². The number of ether oxygens (including phenoxy) is 4. The summed E-state index contributed by atoms with van der Waals surface area (Å²) in [7, 11) is 1.44. The number of nitrogens with one attached hydrogen (secondary N) is 2. The molecule has 2 N–H and O–H groups in total. The van der Waals surface area contributed by atoms with E-state index in [1.165, 1.54) is 19.2 Å². The molecular weight excluding hydrogens is 332 g/mol. The van der Waals surface area contributed by atoms with E-state index in [0.29, 0.717) is 37.0 Å². The number of benzene rings is 1. The SMILES string of the molecule is CCCNC(=O)NC(=O)COC(=O)c1cc(OC)c2c(c1)OCCO2. The van der Waals surface area contributed by atoms with Crippen molar-refractivity contribution in [3.8, 4) is 17.2 Å². The molecule has 9 heteroatoms. The molecule has 0 saturated heterocycles. The largest absolute Gasteiger partial charge is 0.493 e. The van der Waals surface area contributed by atoms with E-state index in [1.807, 2.05) is 6.92 Å². The maximum absolute atomic E-state index is 12.1. The second-order valence-electron chi connectivity index (χ2n) is 5.08.